The number of nitrogens with one attached hydrogen (secondary N) is 1. The third kappa shape index (κ3) is 5.71. The molecule has 1 atom stereocenters. The lowest BCUT2D eigenvalue weighted by Gasteiger charge is -2.42. The van der Waals surface area contributed by atoms with Gasteiger partial charge in [-0.3, -0.25) is 9.69 Å². The highest BCUT2D eigenvalue weighted by atomic mass is 35.5. The van der Waals surface area contributed by atoms with Crippen LogP contribution in [-0.4, -0.2) is 53.4 Å². The Kier molecular flexibility index (Phi) is 7.98. The molecule has 0 aromatic heterocycles. The molecule has 2 aromatic carbocycles. The molecule has 1 heterocycles. The minimum atomic E-state index is -4.69. The van der Waals surface area contributed by atoms with Crippen LogP contribution in [0.2, 0.25) is 5.02 Å². The van der Waals surface area contributed by atoms with Crippen LogP contribution in [0.3, 0.4) is 0 Å². The Balaban J connectivity index is 1.50. The van der Waals surface area contributed by atoms with E-state index >= 15 is 0 Å². The average molecular weight is 527 g/mol. The third-order valence-corrected chi connectivity index (χ3v) is 8.09. The largest absolute Gasteiger partial charge is 0.417 e. The number of carbonyl (C=O) groups excluding carboxylic acids is 1. The molecule has 1 amide bonds. The number of nitrogens with zero attached hydrogens (tertiary/aromatic N) is 1. The number of amides is 1. The van der Waals surface area contributed by atoms with E-state index in [1.54, 1.807) is 24.3 Å². The summed E-state index contributed by atoms with van der Waals surface area (Å²) in [6, 6.07) is 13.0. The zero-order chi connectivity index (χ0) is 26.0. The van der Waals surface area contributed by atoms with Crippen LogP contribution >= 0.6 is 11.6 Å². The normalized spacial score (nSPS) is 20.7. The molecule has 2 N–H and O–H groups in total. The lowest BCUT2D eigenvalue weighted by Crippen LogP contribution is -2.57. The number of hydrogen-bond donors (Lipinski definition) is 2. The van der Waals surface area contributed by atoms with Gasteiger partial charge in [0.05, 0.1) is 5.41 Å². The monoisotopic (exact) mass is 526 g/mol. The predicted molar refractivity (Wildman–Crippen MR) is 130 cm³/mol. The molecular formula is C27H31ClF4N2O2. The molecule has 1 unspecified atom stereocenters. The summed E-state index contributed by atoms with van der Waals surface area (Å²) in [6.07, 6.45) is -1.84. The standard InChI is InChI=1S/C27H31ClF4N2O2/c28-21-7-5-20(6-8-21)25(11-1-2-12-25)24(35)33-18-23(17-19-3-9-22(29)10-4-19)34-15-13-26(36,14-16-34)27(30,31)32/h3-10,23,36H,1-2,11-18H2,(H,33,35). The maximum Gasteiger partial charge on any atom is 0.417 e. The number of benzene rings is 2. The SMILES string of the molecule is O=C(NCC(Cc1ccc(F)cc1)N1CCC(O)(C(F)(F)F)CC1)C1(c2ccc(Cl)cc2)CCCC1. The summed E-state index contributed by atoms with van der Waals surface area (Å²) in [5, 5.41) is 13.8. The first-order chi connectivity index (χ1) is 17.0. The Morgan fingerprint density at radius 3 is 2.14 bits per heavy atom. The first-order valence-electron chi connectivity index (χ1n) is 12.3. The maximum atomic E-state index is 13.6. The molecule has 2 aromatic rings. The summed E-state index contributed by atoms with van der Waals surface area (Å²) in [5.41, 5.74) is -1.63. The molecule has 0 bridgehead atoms. The quantitative estimate of drug-likeness (QED) is 0.475. The van der Waals surface area contributed by atoms with E-state index in [0.717, 1.165) is 24.0 Å². The molecule has 196 valence electrons. The summed E-state index contributed by atoms with van der Waals surface area (Å²) in [5.74, 6) is -0.474. The van der Waals surface area contributed by atoms with E-state index in [1.165, 1.54) is 12.1 Å². The van der Waals surface area contributed by atoms with Crippen LogP contribution in [0, 0.1) is 5.82 Å². The molecule has 4 nitrogen and oxygen atoms in total. The van der Waals surface area contributed by atoms with Crippen molar-refractivity contribution in [3.8, 4) is 0 Å². The van der Waals surface area contributed by atoms with Crippen LogP contribution in [-0.2, 0) is 16.6 Å². The summed E-state index contributed by atoms with van der Waals surface area (Å²) in [6.45, 7) is 0.316. The van der Waals surface area contributed by atoms with Gasteiger partial charge in [0.15, 0.2) is 5.60 Å². The molecule has 1 saturated heterocycles. The minimum absolute atomic E-state index is 0.0417. The number of halogens is 5. The van der Waals surface area contributed by atoms with Crippen molar-refractivity contribution in [2.75, 3.05) is 19.6 Å². The van der Waals surface area contributed by atoms with Crippen molar-refractivity contribution in [3.05, 3.63) is 70.5 Å². The molecular weight excluding hydrogens is 496 g/mol. The lowest BCUT2D eigenvalue weighted by atomic mass is 9.78. The van der Waals surface area contributed by atoms with Crippen molar-refractivity contribution in [1.82, 2.24) is 10.2 Å². The smallest absolute Gasteiger partial charge is 0.380 e. The van der Waals surface area contributed by atoms with E-state index in [9.17, 15) is 27.5 Å². The Labute approximate surface area is 213 Å². The predicted octanol–water partition coefficient (Wildman–Crippen LogP) is 5.41. The fourth-order valence-electron chi connectivity index (χ4n) is 5.54. The van der Waals surface area contributed by atoms with E-state index < -0.39 is 30.0 Å². The van der Waals surface area contributed by atoms with Gasteiger partial charge in [-0.1, -0.05) is 48.7 Å². The van der Waals surface area contributed by atoms with Crippen molar-refractivity contribution in [1.29, 1.82) is 0 Å². The summed E-state index contributed by atoms with van der Waals surface area (Å²) >= 11 is 6.05. The molecule has 0 radical (unpaired) electrons. The van der Waals surface area contributed by atoms with Gasteiger partial charge in [-0.05, 0) is 67.5 Å². The minimum Gasteiger partial charge on any atom is -0.380 e. The van der Waals surface area contributed by atoms with Crippen molar-refractivity contribution < 1.29 is 27.5 Å². The molecule has 1 aliphatic heterocycles. The van der Waals surface area contributed by atoms with Crippen molar-refractivity contribution in [2.24, 2.45) is 0 Å². The highest BCUT2D eigenvalue weighted by Gasteiger charge is 2.55. The Morgan fingerprint density at radius 1 is 1.00 bits per heavy atom. The second kappa shape index (κ2) is 10.7. The Bertz CT molecular complexity index is 1030. The average Bonchev–Trinajstić information content (AvgIpc) is 3.34. The van der Waals surface area contributed by atoms with E-state index in [1.807, 2.05) is 17.0 Å². The van der Waals surface area contributed by atoms with Crippen LogP contribution < -0.4 is 5.32 Å². The van der Waals surface area contributed by atoms with E-state index in [-0.39, 0.29) is 37.4 Å². The number of carbonyl (C=O) groups is 1. The zero-order valence-corrected chi connectivity index (χ0v) is 20.7. The van der Waals surface area contributed by atoms with Crippen LogP contribution in [0.4, 0.5) is 17.6 Å². The zero-order valence-electron chi connectivity index (χ0n) is 20.0. The van der Waals surface area contributed by atoms with Gasteiger partial charge in [-0.15, -0.1) is 0 Å². The first kappa shape index (κ1) is 26.9. The van der Waals surface area contributed by atoms with Crippen LogP contribution in [0.25, 0.3) is 0 Å². The number of rotatable bonds is 7. The number of alkyl halides is 3. The highest BCUT2D eigenvalue weighted by molar-refractivity contribution is 6.30. The summed E-state index contributed by atoms with van der Waals surface area (Å²) in [7, 11) is 0. The van der Waals surface area contributed by atoms with Gasteiger partial charge in [0.1, 0.15) is 5.82 Å². The first-order valence-corrected chi connectivity index (χ1v) is 12.7. The Morgan fingerprint density at radius 2 is 1.58 bits per heavy atom. The third-order valence-electron chi connectivity index (χ3n) is 7.84. The Hall–Kier alpha value is -2.16. The second-order valence-electron chi connectivity index (χ2n) is 10.1. The number of aliphatic hydroxyl groups is 1. The summed E-state index contributed by atoms with van der Waals surface area (Å²) in [4.78, 5) is 15.5. The fraction of sp³-hybridized carbons (Fsp3) is 0.519. The van der Waals surface area contributed by atoms with Crippen molar-refractivity contribution in [2.45, 2.75) is 68.2 Å². The van der Waals surface area contributed by atoms with Crippen LogP contribution in [0.15, 0.2) is 48.5 Å². The molecule has 0 spiro atoms. The molecule has 36 heavy (non-hydrogen) atoms. The molecule has 9 heteroatoms. The molecule has 2 aliphatic rings. The number of piperidine rings is 1. The fourth-order valence-corrected chi connectivity index (χ4v) is 5.67. The van der Waals surface area contributed by atoms with Crippen LogP contribution in [0.5, 0.6) is 0 Å². The van der Waals surface area contributed by atoms with Gasteiger partial charge in [0, 0.05) is 30.7 Å². The van der Waals surface area contributed by atoms with Gasteiger partial charge in [-0.2, -0.15) is 13.2 Å². The van der Waals surface area contributed by atoms with Crippen molar-refractivity contribution >= 4 is 17.5 Å². The van der Waals surface area contributed by atoms with Gasteiger partial charge in [0.25, 0.3) is 0 Å². The van der Waals surface area contributed by atoms with Gasteiger partial charge >= 0.3 is 6.18 Å². The molecule has 2 fully saturated rings. The van der Waals surface area contributed by atoms with E-state index in [0.29, 0.717) is 24.3 Å². The second-order valence-corrected chi connectivity index (χ2v) is 10.5. The van der Waals surface area contributed by atoms with Crippen molar-refractivity contribution in [3.63, 3.8) is 0 Å². The van der Waals surface area contributed by atoms with E-state index in [2.05, 4.69) is 5.32 Å². The maximum absolute atomic E-state index is 13.6. The topological polar surface area (TPSA) is 52.6 Å². The summed E-state index contributed by atoms with van der Waals surface area (Å²) < 4.78 is 53.4. The van der Waals surface area contributed by atoms with Crippen LogP contribution in [0.1, 0.15) is 49.7 Å². The molecule has 1 aliphatic carbocycles. The number of hydrogen-bond acceptors (Lipinski definition) is 3. The van der Waals surface area contributed by atoms with Gasteiger partial charge in [-0.25, -0.2) is 4.39 Å². The van der Waals surface area contributed by atoms with Gasteiger partial charge < -0.3 is 10.4 Å². The highest BCUT2D eigenvalue weighted by Crippen LogP contribution is 2.42. The molecule has 4 rings (SSSR count). The van der Waals surface area contributed by atoms with Gasteiger partial charge in [0.2, 0.25) is 5.91 Å². The number of likely N-dealkylation sites (tertiary alicyclic amines) is 1. The lowest BCUT2D eigenvalue weighted by molar-refractivity contribution is -0.273. The molecule has 1 saturated carbocycles. The van der Waals surface area contributed by atoms with E-state index in [4.69, 9.17) is 11.6 Å².